The minimum Gasteiger partial charge on any atom is -0.481 e. The molecule has 0 saturated heterocycles. The van der Waals surface area contributed by atoms with Gasteiger partial charge in [0.25, 0.3) is 0 Å². The highest BCUT2D eigenvalue weighted by Crippen LogP contribution is 2.61. The molecule has 17 nitrogen and oxygen atoms in total. The van der Waals surface area contributed by atoms with Crippen molar-refractivity contribution in [1.82, 2.24) is 36.9 Å². The number of para-hydroxylation sites is 1. The summed E-state index contributed by atoms with van der Waals surface area (Å²) in [5, 5.41) is 37.8. The smallest absolute Gasteiger partial charge is 0.326 e. The van der Waals surface area contributed by atoms with E-state index in [0.29, 0.717) is 36.2 Å². The Labute approximate surface area is 451 Å². The SMILES string of the molecule is CC[C@H](C)[C@H](NC(=O)[C@H](CC(=O)O)NC(=O)[C@H](CC(C)C)NC(=O)[C@H](NC(=O)CC12CC3CC(CC(C3)C1)C2)C(c1ccccc1)c1ccccc1)C(=O)N[C@H](C(=O)N[C@@H](Cc1c[nH]c2ccccc12)C(=O)O)[C@@H](C)CC. The van der Waals surface area contributed by atoms with Gasteiger partial charge in [-0.2, -0.15) is 0 Å². The van der Waals surface area contributed by atoms with Crippen LogP contribution in [0.1, 0.15) is 135 Å². The molecular weight excluding hydrogens is 979 g/mol. The Morgan fingerprint density at radius 1 is 0.571 bits per heavy atom. The molecule has 4 bridgehead atoms. The Kier molecular flexibility index (Phi) is 19.4. The molecule has 0 unspecified atom stereocenters. The van der Waals surface area contributed by atoms with Crippen LogP contribution in [-0.4, -0.2) is 98.8 Å². The van der Waals surface area contributed by atoms with Crippen molar-refractivity contribution in [2.75, 3.05) is 0 Å². The lowest BCUT2D eigenvalue weighted by Crippen LogP contribution is -2.62. The molecule has 1 aromatic heterocycles. The molecular formula is C60H79N7O10. The topological polar surface area (TPSA) is 265 Å². The van der Waals surface area contributed by atoms with Crippen LogP contribution >= 0.6 is 0 Å². The van der Waals surface area contributed by atoms with Crippen molar-refractivity contribution in [3.63, 3.8) is 0 Å². The third-order valence-corrected chi connectivity index (χ3v) is 16.6. The van der Waals surface area contributed by atoms with Crippen LogP contribution in [0.3, 0.4) is 0 Å². The zero-order valence-electron chi connectivity index (χ0n) is 45.3. The first-order valence-corrected chi connectivity index (χ1v) is 27.7. The molecule has 4 aliphatic carbocycles. The monoisotopic (exact) mass is 1060 g/mol. The van der Waals surface area contributed by atoms with Crippen molar-refractivity contribution in [2.24, 2.45) is 40.9 Å². The number of carbonyl (C=O) groups is 8. The average Bonchev–Trinajstić information content (AvgIpc) is 3.82. The Balaban J connectivity index is 1.09. The highest BCUT2D eigenvalue weighted by atomic mass is 16.4. The normalized spacial score (nSPS) is 21.6. The number of carboxylic acids is 2. The lowest BCUT2D eigenvalue weighted by molar-refractivity contribution is -0.142. The number of amides is 6. The number of nitrogens with one attached hydrogen (secondary N) is 7. The zero-order valence-corrected chi connectivity index (χ0v) is 45.3. The number of hydrogen-bond donors (Lipinski definition) is 9. The largest absolute Gasteiger partial charge is 0.481 e. The van der Waals surface area contributed by atoms with Crippen molar-refractivity contribution in [3.8, 4) is 0 Å². The van der Waals surface area contributed by atoms with Gasteiger partial charge >= 0.3 is 11.9 Å². The second-order valence-electron chi connectivity index (χ2n) is 23.0. The number of rotatable bonds is 27. The van der Waals surface area contributed by atoms with Gasteiger partial charge in [-0.25, -0.2) is 4.79 Å². The van der Waals surface area contributed by atoms with Gasteiger partial charge in [-0.3, -0.25) is 33.6 Å². The number of aromatic nitrogens is 1. The number of H-pyrrole nitrogens is 1. The van der Waals surface area contributed by atoms with Gasteiger partial charge in [0.05, 0.1) is 6.42 Å². The molecule has 0 aliphatic heterocycles. The quantitative estimate of drug-likeness (QED) is 0.0303. The summed E-state index contributed by atoms with van der Waals surface area (Å²) < 4.78 is 0. The van der Waals surface area contributed by atoms with E-state index in [2.05, 4.69) is 36.9 Å². The Hall–Kier alpha value is -7.04. The zero-order chi connectivity index (χ0) is 55.6. The standard InChI is InChI=1S/C60H79N7O10/c1-7-35(5)51(56(73)64-47(59(76)77)27-42-33-61-44-22-16-15-21-43(42)44)67-57(74)52(36(6)8-2)66-55(72)46(28-49(69)70)62-54(71)45(23-34(3)4)63-58(75)53(50(40-17-11-9-12-18-40)41-19-13-10-14-20-41)65-48(68)32-60-29-37-24-38(30-60)26-39(25-37)31-60/h9-22,33-39,45-47,50-53,61H,7-8,23-32H2,1-6H3,(H,62,71)(H,63,75)(H,64,73)(H,65,68)(H,66,72)(H,67,74)(H,69,70)(H,76,77)/t35-,36-,37?,38?,39?,45-,46-,47-,51-,52-,53+,60?/m0/s1. The summed E-state index contributed by atoms with van der Waals surface area (Å²) in [6.45, 7) is 10.7. The van der Waals surface area contributed by atoms with E-state index in [-0.39, 0.29) is 36.5 Å². The van der Waals surface area contributed by atoms with E-state index in [4.69, 9.17) is 0 Å². The van der Waals surface area contributed by atoms with E-state index in [1.807, 2.05) is 106 Å². The number of aromatic amines is 1. The molecule has 0 radical (unpaired) electrons. The highest BCUT2D eigenvalue weighted by Gasteiger charge is 2.52. The molecule has 6 amide bonds. The fraction of sp³-hybridized carbons (Fsp3) is 0.533. The molecule has 1 heterocycles. The van der Waals surface area contributed by atoms with Gasteiger partial charge in [0, 0.05) is 35.9 Å². The molecule has 0 spiro atoms. The summed E-state index contributed by atoms with van der Waals surface area (Å²) in [7, 11) is 0. The number of benzene rings is 3. The summed E-state index contributed by atoms with van der Waals surface area (Å²) in [6.07, 6.45) is 8.51. The molecule has 4 aromatic rings. The van der Waals surface area contributed by atoms with Gasteiger partial charge in [0.2, 0.25) is 35.4 Å². The van der Waals surface area contributed by atoms with Crippen LogP contribution in [0.25, 0.3) is 10.9 Å². The Morgan fingerprint density at radius 3 is 1.56 bits per heavy atom. The fourth-order valence-corrected chi connectivity index (χ4v) is 12.8. The molecule has 3 aromatic carbocycles. The Bertz CT molecular complexity index is 2650. The van der Waals surface area contributed by atoms with Crippen LogP contribution in [0, 0.1) is 40.9 Å². The van der Waals surface area contributed by atoms with Gasteiger partial charge in [0.1, 0.15) is 36.3 Å². The van der Waals surface area contributed by atoms with Crippen LogP contribution in [-0.2, 0) is 44.8 Å². The van der Waals surface area contributed by atoms with E-state index >= 15 is 4.79 Å². The van der Waals surface area contributed by atoms with Gasteiger partial charge in [-0.15, -0.1) is 0 Å². The van der Waals surface area contributed by atoms with E-state index in [1.54, 1.807) is 27.0 Å². The molecule has 17 heteroatoms. The van der Waals surface area contributed by atoms with Crippen LogP contribution in [0.15, 0.2) is 91.1 Å². The lowest BCUT2D eigenvalue weighted by Gasteiger charge is -2.56. The van der Waals surface area contributed by atoms with E-state index in [1.165, 1.54) is 19.3 Å². The summed E-state index contributed by atoms with van der Waals surface area (Å²) in [6, 6.07) is 18.0. The summed E-state index contributed by atoms with van der Waals surface area (Å²) in [5.41, 5.74) is 2.88. The maximum absolute atomic E-state index is 15.1. The molecule has 414 valence electrons. The van der Waals surface area contributed by atoms with Gasteiger partial charge < -0.3 is 47.1 Å². The third-order valence-electron chi connectivity index (χ3n) is 16.6. The van der Waals surface area contributed by atoms with Crippen LogP contribution < -0.4 is 31.9 Å². The van der Waals surface area contributed by atoms with Crippen LogP contribution in [0.5, 0.6) is 0 Å². The summed E-state index contributed by atoms with van der Waals surface area (Å²) >= 11 is 0. The van der Waals surface area contributed by atoms with E-state index in [0.717, 1.165) is 41.3 Å². The number of aliphatic carboxylic acids is 2. The second-order valence-corrected chi connectivity index (χ2v) is 23.0. The molecule has 4 saturated carbocycles. The van der Waals surface area contributed by atoms with E-state index < -0.39 is 102 Å². The lowest BCUT2D eigenvalue weighted by atomic mass is 9.49. The first-order valence-electron chi connectivity index (χ1n) is 27.7. The van der Waals surface area contributed by atoms with Crippen molar-refractivity contribution in [1.29, 1.82) is 0 Å². The number of carbonyl (C=O) groups excluding carboxylic acids is 6. The van der Waals surface area contributed by atoms with E-state index in [9.17, 15) is 43.8 Å². The molecule has 8 rings (SSSR count). The maximum atomic E-state index is 15.1. The first-order chi connectivity index (χ1) is 36.8. The number of hydrogen-bond acceptors (Lipinski definition) is 8. The van der Waals surface area contributed by atoms with Gasteiger partial charge in [0.15, 0.2) is 0 Å². The first kappa shape index (κ1) is 57.7. The summed E-state index contributed by atoms with van der Waals surface area (Å²) in [5.74, 6) is -7.03. The minimum atomic E-state index is -1.72. The molecule has 4 fully saturated rings. The fourth-order valence-electron chi connectivity index (χ4n) is 12.8. The average molecular weight is 1060 g/mol. The minimum absolute atomic E-state index is 0.0449. The second kappa shape index (κ2) is 25.9. The van der Waals surface area contributed by atoms with Gasteiger partial charge in [-0.1, -0.05) is 133 Å². The third kappa shape index (κ3) is 14.7. The van der Waals surface area contributed by atoms with Gasteiger partial charge in [-0.05, 0) is 109 Å². The molecule has 9 N–H and O–H groups in total. The predicted octanol–water partition coefficient (Wildman–Crippen LogP) is 6.76. The number of fused-ring (bicyclic) bond motifs is 1. The summed E-state index contributed by atoms with van der Waals surface area (Å²) in [4.78, 5) is 115. The Morgan fingerprint density at radius 2 is 1.04 bits per heavy atom. The van der Waals surface area contributed by atoms with Crippen molar-refractivity contribution in [2.45, 2.75) is 161 Å². The van der Waals surface area contributed by atoms with Crippen molar-refractivity contribution >= 4 is 58.3 Å². The molecule has 77 heavy (non-hydrogen) atoms. The molecule has 4 aliphatic rings. The highest BCUT2D eigenvalue weighted by molar-refractivity contribution is 5.98. The predicted molar refractivity (Wildman–Crippen MR) is 292 cm³/mol. The van der Waals surface area contributed by atoms with Crippen LogP contribution in [0.4, 0.5) is 0 Å². The van der Waals surface area contributed by atoms with Crippen LogP contribution in [0.2, 0.25) is 0 Å². The van der Waals surface area contributed by atoms with Crippen molar-refractivity contribution < 1.29 is 48.6 Å². The molecule has 8 atom stereocenters. The maximum Gasteiger partial charge on any atom is 0.326 e. The number of carboxylic acid groups (broad SMARTS) is 2. The van der Waals surface area contributed by atoms with Crippen molar-refractivity contribution in [3.05, 3.63) is 108 Å².